The Morgan fingerprint density at radius 2 is 1.96 bits per heavy atom. The van der Waals surface area contributed by atoms with Crippen LogP contribution in [0.2, 0.25) is 0 Å². The van der Waals surface area contributed by atoms with Crippen LogP contribution in [0.4, 0.5) is 0 Å². The average Bonchev–Trinajstić information content (AvgIpc) is 3.24. The number of nitrogens with zero attached hydrogens (tertiary/aromatic N) is 1. The first-order valence-corrected chi connectivity index (χ1v) is 8.95. The summed E-state index contributed by atoms with van der Waals surface area (Å²) in [4.78, 5) is 50.0. The molecule has 3 amide bonds. The predicted molar refractivity (Wildman–Crippen MR) is 92.9 cm³/mol. The van der Waals surface area contributed by atoms with E-state index in [2.05, 4.69) is 16.0 Å². The minimum Gasteiger partial charge on any atom is -0.450 e. The van der Waals surface area contributed by atoms with E-state index in [1.165, 1.54) is 6.92 Å². The quantitative estimate of drug-likeness (QED) is 0.439. The Kier molecular flexibility index (Phi) is 6.96. The molecular formula is C17H28N4O5. The number of rotatable bonds is 9. The number of amides is 3. The first kappa shape index (κ1) is 20.2. The molecule has 0 radical (unpaired) electrons. The fraction of sp³-hybridized carbons (Fsp3) is 0.765. The molecule has 0 bridgehead atoms. The maximum absolute atomic E-state index is 12.6. The van der Waals surface area contributed by atoms with Crippen LogP contribution in [0.1, 0.15) is 32.6 Å². The number of carbonyl (C=O) groups excluding carboxylic acids is 4. The van der Waals surface area contributed by atoms with Crippen LogP contribution >= 0.6 is 0 Å². The SMILES string of the molecule is CC(=O)OC(C(=O)NC1CC1)C(CC1CCNC1=O)NC(=O)CN(C)C. The van der Waals surface area contributed by atoms with Crippen molar-refractivity contribution < 1.29 is 23.9 Å². The topological polar surface area (TPSA) is 117 Å². The summed E-state index contributed by atoms with van der Waals surface area (Å²) in [6.45, 7) is 1.91. The molecule has 0 spiro atoms. The molecule has 9 heteroatoms. The van der Waals surface area contributed by atoms with Crippen LogP contribution in [-0.2, 0) is 23.9 Å². The largest absolute Gasteiger partial charge is 0.450 e. The van der Waals surface area contributed by atoms with Crippen LogP contribution < -0.4 is 16.0 Å². The highest BCUT2D eigenvalue weighted by Gasteiger charge is 2.38. The molecule has 2 aliphatic rings. The van der Waals surface area contributed by atoms with Gasteiger partial charge in [0.05, 0.1) is 12.6 Å². The van der Waals surface area contributed by atoms with Crippen molar-refractivity contribution in [3.8, 4) is 0 Å². The van der Waals surface area contributed by atoms with Crippen molar-refractivity contribution in [1.82, 2.24) is 20.9 Å². The lowest BCUT2D eigenvalue weighted by Crippen LogP contribution is -2.54. The van der Waals surface area contributed by atoms with Gasteiger partial charge in [-0.25, -0.2) is 0 Å². The molecule has 3 unspecified atom stereocenters. The number of ether oxygens (including phenoxy) is 1. The first-order valence-electron chi connectivity index (χ1n) is 8.95. The van der Waals surface area contributed by atoms with E-state index in [-0.39, 0.29) is 36.7 Å². The van der Waals surface area contributed by atoms with E-state index >= 15 is 0 Å². The Morgan fingerprint density at radius 3 is 2.46 bits per heavy atom. The van der Waals surface area contributed by atoms with Gasteiger partial charge in [0.15, 0.2) is 6.10 Å². The summed E-state index contributed by atoms with van der Waals surface area (Å²) in [6.07, 6.45) is 1.48. The normalized spacial score (nSPS) is 21.7. The Hall–Kier alpha value is -2.16. The molecule has 1 aliphatic carbocycles. The van der Waals surface area contributed by atoms with E-state index in [0.29, 0.717) is 13.0 Å². The lowest BCUT2D eigenvalue weighted by atomic mass is 9.94. The summed E-state index contributed by atoms with van der Waals surface area (Å²) >= 11 is 0. The minimum absolute atomic E-state index is 0.0912. The molecule has 1 saturated carbocycles. The van der Waals surface area contributed by atoms with Gasteiger partial charge in [0, 0.05) is 25.4 Å². The van der Waals surface area contributed by atoms with Crippen LogP contribution in [0.25, 0.3) is 0 Å². The van der Waals surface area contributed by atoms with Crippen LogP contribution in [-0.4, -0.2) is 74.0 Å². The van der Waals surface area contributed by atoms with Gasteiger partial charge in [-0.2, -0.15) is 0 Å². The number of nitrogens with one attached hydrogen (secondary N) is 3. The van der Waals surface area contributed by atoms with Gasteiger partial charge in [-0.05, 0) is 39.8 Å². The zero-order valence-electron chi connectivity index (χ0n) is 15.5. The summed E-state index contributed by atoms with van der Waals surface area (Å²) in [7, 11) is 3.50. The molecule has 0 aromatic carbocycles. The van der Waals surface area contributed by atoms with Crippen molar-refractivity contribution in [2.75, 3.05) is 27.2 Å². The van der Waals surface area contributed by atoms with Crippen LogP contribution in [0, 0.1) is 5.92 Å². The summed E-state index contributed by atoms with van der Waals surface area (Å²) in [5.74, 6) is -1.78. The third-order valence-electron chi connectivity index (χ3n) is 4.35. The van der Waals surface area contributed by atoms with Gasteiger partial charge in [-0.15, -0.1) is 0 Å². The van der Waals surface area contributed by atoms with Crippen molar-refractivity contribution in [2.24, 2.45) is 5.92 Å². The lowest BCUT2D eigenvalue weighted by Gasteiger charge is -2.28. The van der Waals surface area contributed by atoms with Crippen LogP contribution in [0.5, 0.6) is 0 Å². The van der Waals surface area contributed by atoms with Crippen molar-refractivity contribution in [3.63, 3.8) is 0 Å². The van der Waals surface area contributed by atoms with Crippen LogP contribution in [0.3, 0.4) is 0 Å². The smallest absolute Gasteiger partial charge is 0.303 e. The number of likely N-dealkylation sites (N-methyl/N-ethyl adjacent to an activating group) is 1. The maximum Gasteiger partial charge on any atom is 0.303 e. The molecule has 2 fully saturated rings. The molecule has 1 heterocycles. The number of hydrogen-bond acceptors (Lipinski definition) is 6. The summed E-state index contributed by atoms with van der Waals surface area (Å²) < 4.78 is 5.24. The van der Waals surface area contributed by atoms with E-state index in [1.54, 1.807) is 19.0 Å². The standard InChI is InChI=1S/C17H28N4O5/c1-10(22)26-15(17(25)19-12-4-5-12)13(20-14(23)9-21(2)3)8-11-6-7-18-16(11)24/h11-13,15H,4-9H2,1-3H3,(H,18,24)(H,19,25)(H,20,23). The van der Waals surface area contributed by atoms with Gasteiger partial charge < -0.3 is 25.6 Å². The van der Waals surface area contributed by atoms with Crippen molar-refractivity contribution in [2.45, 2.75) is 50.8 Å². The monoisotopic (exact) mass is 368 g/mol. The highest BCUT2D eigenvalue weighted by Crippen LogP contribution is 2.22. The van der Waals surface area contributed by atoms with Gasteiger partial charge in [-0.3, -0.25) is 19.2 Å². The number of carbonyl (C=O) groups is 4. The van der Waals surface area contributed by atoms with E-state index in [1.807, 2.05) is 0 Å². The Bertz CT molecular complexity index is 561. The highest BCUT2D eigenvalue weighted by atomic mass is 16.5. The molecule has 0 aromatic heterocycles. The van der Waals surface area contributed by atoms with Gasteiger partial charge in [0.1, 0.15) is 0 Å². The van der Waals surface area contributed by atoms with Gasteiger partial charge in [0.2, 0.25) is 11.8 Å². The molecule has 0 aromatic rings. The molecule has 1 aliphatic heterocycles. The second kappa shape index (κ2) is 8.98. The molecule has 146 valence electrons. The molecular weight excluding hydrogens is 340 g/mol. The minimum atomic E-state index is -1.16. The van der Waals surface area contributed by atoms with E-state index in [0.717, 1.165) is 12.8 Å². The number of esters is 1. The average molecular weight is 368 g/mol. The van der Waals surface area contributed by atoms with Crippen molar-refractivity contribution >= 4 is 23.7 Å². The third-order valence-corrected chi connectivity index (χ3v) is 4.35. The summed E-state index contributed by atoms with van der Waals surface area (Å²) in [5, 5.41) is 8.33. The zero-order chi connectivity index (χ0) is 19.3. The van der Waals surface area contributed by atoms with E-state index in [4.69, 9.17) is 4.74 Å². The lowest BCUT2D eigenvalue weighted by molar-refractivity contribution is -0.157. The molecule has 2 rings (SSSR count). The third kappa shape index (κ3) is 6.29. The molecule has 3 N–H and O–H groups in total. The first-order chi connectivity index (χ1) is 12.3. The second-order valence-corrected chi connectivity index (χ2v) is 7.24. The van der Waals surface area contributed by atoms with Crippen molar-refractivity contribution in [1.29, 1.82) is 0 Å². The van der Waals surface area contributed by atoms with Gasteiger partial charge >= 0.3 is 5.97 Å². The van der Waals surface area contributed by atoms with Gasteiger partial charge in [-0.1, -0.05) is 0 Å². The Balaban J connectivity index is 2.14. The Morgan fingerprint density at radius 1 is 1.27 bits per heavy atom. The Labute approximate surface area is 153 Å². The van der Waals surface area contributed by atoms with Crippen LogP contribution in [0.15, 0.2) is 0 Å². The molecule has 3 atom stereocenters. The molecule has 26 heavy (non-hydrogen) atoms. The van der Waals surface area contributed by atoms with Crippen molar-refractivity contribution in [3.05, 3.63) is 0 Å². The predicted octanol–water partition coefficient (Wildman–Crippen LogP) is -1.23. The number of hydrogen-bond donors (Lipinski definition) is 3. The fourth-order valence-electron chi connectivity index (χ4n) is 2.98. The zero-order valence-corrected chi connectivity index (χ0v) is 15.5. The second-order valence-electron chi connectivity index (χ2n) is 7.24. The highest BCUT2D eigenvalue weighted by molar-refractivity contribution is 5.87. The van der Waals surface area contributed by atoms with E-state index in [9.17, 15) is 19.2 Å². The van der Waals surface area contributed by atoms with E-state index < -0.39 is 24.0 Å². The maximum atomic E-state index is 12.6. The molecule has 9 nitrogen and oxygen atoms in total. The molecule has 1 saturated heterocycles. The fourth-order valence-corrected chi connectivity index (χ4v) is 2.98. The summed E-state index contributed by atoms with van der Waals surface area (Å²) in [5.41, 5.74) is 0. The van der Waals surface area contributed by atoms with Gasteiger partial charge in [0.25, 0.3) is 5.91 Å². The summed E-state index contributed by atoms with van der Waals surface area (Å²) in [6, 6.07) is -0.674.